The van der Waals surface area contributed by atoms with Crippen molar-refractivity contribution in [2.45, 2.75) is 6.92 Å². The van der Waals surface area contributed by atoms with E-state index in [1.165, 1.54) is 7.05 Å². The summed E-state index contributed by atoms with van der Waals surface area (Å²) in [6, 6.07) is 0. The third-order valence-corrected chi connectivity index (χ3v) is 1.44. The Morgan fingerprint density at radius 3 is 2.50 bits per heavy atom. The van der Waals surface area contributed by atoms with Crippen molar-refractivity contribution in [3.8, 4) is 0 Å². The molecule has 0 saturated heterocycles. The molecule has 0 aliphatic heterocycles. The van der Waals surface area contributed by atoms with Gasteiger partial charge in [0, 0.05) is 13.6 Å². The Morgan fingerprint density at radius 2 is 2.08 bits per heavy atom. The summed E-state index contributed by atoms with van der Waals surface area (Å²) in [5.74, 6) is -1.47. The largest absolute Gasteiger partial charge is 0.481 e. The number of carbonyl (C=O) groups is 2. The molecule has 1 amide bonds. The van der Waals surface area contributed by atoms with Gasteiger partial charge in [0.05, 0.1) is 12.5 Å². The zero-order valence-electron chi connectivity index (χ0n) is 7.26. The molecule has 70 valence electrons. The van der Waals surface area contributed by atoms with Crippen molar-refractivity contribution < 1.29 is 14.7 Å². The SMILES string of the molecule is CNC(=O)CNCC(C)C(=O)O. The van der Waals surface area contributed by atoms with Crippen LogP contribution in [0.5, 0.6) is 0 Å². The first kappa shape index (κ1) is 10.9. The van der Waals surface area contributed by atoms with E-state index in [0.717, 1.165) is 0 Å². The molecule has 0 aliphatic carbocycles. The molecule has 3 N–H and O–H groups in total. The Bertz CT molecular complexity index is 170. The zero-order valence-corrected chi connectivity index (χ0v) is 7.26. The van der Waals surface area contributed by atoms with Crippen LogP contribution in [0.2, 0.25) is 0 Å². The van der Waals surface area contributed by atoms with Crippen molar-refractivity contribution in [2.24, 2.45) is 5.92 Å². The average Bonchev–Trinajstić information content (AvgIpc) is 2.03. The van der Waals surface area contributed by atoms with Gasteiger partial charge in [-0.3, -0.25) is 9.59 Å². The quantitative estimate of drug-likeness (QED) is 0.501. The zero-order chi connectivity index (χ0) is 9.56. The number of rotatable bonds is 5. The van der Waals surface area contributed by atoms with Crippen LogP contribution in [-0.4, -0.2) is 37.1 Å². The van der Waals surface area contributed by atoms with E-state index in [1.54, 1.807) is 6.92 Å². The van der Waals surface area contributed by atoms with Crippen molar-refractivity contribution in [2.75, 3.05) is 20.1 Å². The van der Waals surface area contributed by atoms with Crippen LogP contribution in [0.3, 0.4) is 0 Å². The first-order valence-corrected chi connectivity index (χ1v) is 3.72. The lowest BCUT2D eigenvalue weighted by Crippen LogP contribution is -2.35. The van der Waals surface area contributed by atoms with Crippen LogP contribution in [0.4, 0.5) is 0 Å². The summed E-state index contributed by atoms with van der Waals surface area (Å²) < 4.78 is 0. The van der Waals surface area contributed by atoms with Crippen molar-refractivity contribution >= 4 is 11.9 Å². The number of carbonyl (C=O) groups excluding carboxylic acids is 1. The standard InChI is InChI=1S/C7H14N2O3/c1-5(7(11)12)3-9-4-6(10)8-2/h5,9H,3-4H2,1-2H3,(H,8,10)(H,11,12). The van der Waals surface area contributed by atoms with E-state index in [4.69, 9.17) is 5.11 Å². The maximum absolute atomic E-state index is 10.6. The Balaban J connectivity index is 3.43. The predicted molar refractivity (Wildman–Crippen MR) is 43.7 cm³/mol. The Kier molecular flexibility index (Phi) is 5.03. The number of hydrogen-bond donors (Lipinski definition) is 3. The summed E-state index contributed by atoms with van der Waals surface area (Å²) >= 11 is 0. The molecule has 12 heavy (non-hydrogen) atoms. The normalized spacial score (nSPS) is 12.2. The summed E-state index contributed by atoms with van der Waals surface area (Å²) in [4.78, 5) is 20.9. The molecule has 0 aliphatic rings. The lowest BCUT2D eigenvalue weighted by molar-refractivity contribution is -0.141. The Morgan fingerprint density at radius 1 is 1.50 bits per heavy atom. The highest BCUT2D eigenvalue weighted by molar-refractivity contribution is 5.77. The van der Waals surface area contributed by atoms with Crippen LogP contribution in [0.25, 0.3) is 0 Å². The highest BCUT2D eigenvalue weighted by Gasteiger charge is 2.09. The number of hydrogen-bond acceptors (Lipinski definition) is 3. The Hall–Kier alpha value is -1.10. The number of carboxylic acids is 1. The van der Waals surface area contributed by atoms with Crippen molar-refractivity contribution in [1.82, 2.24) is 10.6 Å². The first-order valence-electron chi connectivity index (χ1n) is 3.72. The minimum atomic E-state index is -0.862. The van der Waals surface area contributed by atoms with Gasteiger partial charge in [-0.15, -0.1) is 0 Å². The topological polar surface area (TPSA) is 78.4 Å². The van der Waals surface area contributed by atoms with Gasteiger partial charge in [-0.1, -0.05) is 6.92 Å². The van der Waals surface area contributed by atoms with Crippen LogP contribution in [-0.2, 0) is 9.59 Å². The van der Waals surface area contributed by atoms with Crippen LogP contribution >= 0.6 is 0 Å². The molecule has 0 aromatic carbocycles. The molecule has 0 aromatic heterocycles. The first-order chi connectivity index (χ1) is 5.57. The molecule has 1 unspecified atom stereocenters. The molecule has 0 fully saturated rings. The molecule has 0 saturated carbocycles. The Labute approximate surface area is 71.1 Å². The van der Waals surface area contributed by atoms with E-state index < -0.39 is 11.9 Å². The van der Waals surface area contributed by atoms with Crippen molar-refractivity contribution in [3.63, 3.8) is 0 Å². The van der Waals surface area contributed by atoms with Gasteiger partial charge in [-0.2, -0.15) is 0 Å². The smallest absolute Gasteiger partial charge is 0.307 e. The number of amides is 1. The van der Waals surface area contributed by atoms with Gasteiger partial charge in [0.15, 0.2) is 0 Å². The fourth-order valence-corrected chi connectivity index (χ4v) is 0.578. The third-order valence-electron chi connectivity index (χ3n) is 1.44. The van der Waals surface area contributed by atoms with Crippen LogP contribution in [0.1, 0.15) is 6.92 Å². The highest BCUT2D eigenvalue weighted by atomic mass is 16.4. The second-order valence-corrected chi connectivity index (χ2v) is 2.54. The molecule has 0 bridgehead atoms. The summed E-state index contributed by atoms with van der Waals surface area (Å²) in [7, 11) is 1.53. The number of aliphatic carboxylic acids is 1. The molecule has 0 heterocycles. The van der Waals surface area contributed by atoms with Crippen molar-refractivity contribution in [3.05, 3.63) is 0 Å². The van der Waals surface area contributed by atoms with Crippen LogP contribution in [0.15, 0.2) is 0 Å². The molecule has 0 rings (SSSR count). The van der Waals surface area contributed by atoms with E-state index in [2.05, 4.69) is 10.6 Å². The molecule has 0 spiro atoms. The molecule has 5 nitrogen and oxygen atoms in total. The summed E-state index contributed by atoms with van der Waals surface area (Å²) in [6.45, 7) is 2.05. The number of likely N-dealkylation sites (N-methyl/N-ethyl adjacent to an activating group) is 1. The molecule has 0 radical (unpaired) electrons. The van der Waals surface area contributed by atoms with E-state index in [0.29, 0.717) is 6.54 Å². The number of nitrogens with one attached hydrogen (secondary N) is 2. The number of carboxylic acid groups (broad SMARTS) is 1. The molecule has 1 atom stereocenters. The van der Waals surface area contributed by atoms with Gasteiger partial charge in [0.2, 0.25) is 5.91 Å². The monoisotopic (exact) mass is 174 g/mol. The minimum absolute atomic E-state index is 0.146. The molecular weight excluding hydrogens is 160 g/mol. The summed E-state index contributed by atoms with van der Waals surface area (Å²) in [5, 5.41) is 13.6. The maximum Gasteiger partial charge on any atom is 0.307 e. The predicted octanol–water partition coefficient (Wildman–Crippen LogP) is -0.957. The van der Waals surface area contributed by atoms with E-state index in [1.807, 2.05) is 0 Å². The van der Waals surface area contributed by atoms with Gasteiger partial charge < -0.3 is 15.7 Å². The minimum Gasteiger partial charge on any atom is -0.481 e. The fraction of sp³-hybridized carbons (Fsp3) is 0.714. The van der Waals surface area contributed by atoms with Crippen LogP contribution < -0.4 is 10.6 Å². The van der Waals surface area contributed by atoms with Crippen molar-refractivity contribution in [1.29, 1.82) is 0 Å². The molecule has 5 heteroatoms. The molecule has 0 aromatic rings. The summed E-state index contributed by atoms with van der Waals surface area (Å²) in [6.07, 6.45) is 0. The van der Waals surface area contributed by atoms with E-state index >= 15 is 0 Å². The maximum atomic E-state index is 10.6. The third kappa shape index (κ3) is 4.68. The summed E-state index contributed by atoms with van der Waals surface area (Å²) in [5.41, 5.74) is 0. The van der Waals surface area contributed by atoms with Crippen LogP contribution in [0, 0.1) is 5.92 Å². The van der Waals surface area contributed by atoms with Gasteiger partial charge in [-0.25, -0.2) is 0 Å². The second kappa shape index (κ2) is 5.54. The fourth-order valence-electron chi connectivity index (χ4n) is 0.578. The molecular formula is C7H14N2O3. The van der Waals surface area contributed by atoms with Gasteiger partial charge >= 0.3 is 5.97 Å². The average molecular weight is 174 g/mol. The lowest BCUT2D eigenvalue weighted by atomic mass is 10.2. The highest BCUT2D eigenvalue weighted by Crippen LogP contribution is 1.90. The van der Waals surface area contributed by atoms with Gasteiger partial charge in [0.1, 0.15) is 0 Å². The van der Waals surface area contributed by atoms with Gasteiger partial charge in [0.25, 0.3) is 0 Å². The van der Waals surface area contributed by atoms with E-state index in [-0.39, 0.29) is 12.5 Å². The second-order valence-electron chi connectivity index (χ2n) is 2.54. The lowest BCUT2D eigenvalue weighted by Gasteiger charge is -2.06. The van der Waals surface area contributed by atoms with E-state index in [9.17, 15) is 9.59 Å². The van der Waals surface area contributed by atoms with Gasteiger partial charge in [-0.05, 0) is 0 Å².